The summed E-state index contributed by atoms with van der Waals surface area (Å²) in [7, 11) is 0. The van der Waals surface area contributed by atoms with E-state index in [1.165, 1.54) is 57.3 Å². The molecule has 6 nitrogen and oxygen atoms in total. The smallest absolute Gasteiger partial charge is 0.302 e. The van der Waals surface area contributed by atoms with Crippen molar-refractivity contribution in [3.05, 3.63) is 0 Å². The molecule has 0 aromatic rings. The molecule has 5 rings (SSSR count). The number of amides is 2. The molecule has 1 heterocycles. The van der Waals surface area contributed by atoms with Gasteiger partial charge in [-0.25, -0.2) is 0 Å². The molecule has 0 radical (unpaired) electrons. The van der Waals surface area contributed by atoms with Crippen LogP contribution in [-0.4, -0.2) is 47.5 Å². The Kier molecular flexibility index (Phi) is 8.02. The van der Waals surface area contributed by atoms with E-state index in [9.17, 15) is 14.4 Å². The molecule has 5 aliphatic rings. The van der Waals surface area contributed by atoms with Crippen molar-refractivity contribution in [3.63, 3.8) is 0 Å². The molecule has 220 valence electrons. The fraction of sp³-hybridized carbons (Fsp3) is 0.909. The van der Waals surface area contributed by atoms with Gasteiger partial charge in [0.15, 0.2) is 0 Å². The molecule has 1 saturated heterocycles. The highest BCUT2D eigenvalue weighted by molar-refractivity contribution is 5.92. The summed E-state index contributed by atoms with van der Waals surface area (Å²) in [5.41, 5.74) is 0.751. The van der Waals surface area contributed by atoms with Gasteiger partial charge < -0.3 is 9.47 Å². The average molecular weight is 544 g/mol. The lowest BCUT2D eigenvalue weighted by Crippen LogP contribution is -2.54. The summed E-state index contributed by atoms with van der Waals surface area (Å²) in [6, 6.07) is 0. The highest BCUT2D eigenvalue weighted by Crippen LogP contribution is 2.70. The first-order chi connectivity index (χ1) is 18.3. The predicted molar refractivity (Wildman–Crippen MR) is 150 cm³/mol. The van der Waals surface area contributed by atoms with Crippen LogP contribution in [0.5, 0.6) is 0 Å². The van der Waals surface area contributed by atoms with Gasteiger partial charge in [-0.2, -0.15) is 0 Å². The van der Waals surface area contributed by atoms with E-state index in [0.29, 0.717) is 41.2 Å². The fourth-order valence-corrected chi connectivity index (χ4v) is 10.9. The van der Waals surface area contributed by atoms with Gasteiger partial charge in [0, 0.05) is 27.3 Å². The van der Waals surface area contributed by atoms with Crippen molar-refractivity contribution in [2.24, 2.45) is 52.3 Å². The number of hydrogen-bond acceptors (Lipinski definition) is 5. The van der Waals surface area contributed by atoms with E-state index in [2.05, 4.69) is 27.7 Å². The third-order valence-electron chi connectivity index (χ3n) is 12.7. The third-order valence-corrected chi connectivity index (χ3v) is 12.7. The van der Waals surface area contributed by atoms with Gasteiger partial charge in [-0.3, -0.25) is 19.3 Å². The molecule has 0 N–H and O–H groups in total. The number of carbonyl (C=O) groups is 3. The van der Waals surface area contributed by atoms with Crippen LogP contribution in [0.4, 0.5) is 0 Å². The Hall–Kier alpha value is -1.43. The summed E-state index contributed by atoms with van der Waals surface area (Å²) in [6.45, 7) is 14.8. The molecular formula is C33H53NO5. The molecule has 4 saturated carbocycles. The van der Waals surface area contributed by atoms with Crippen LogP contribution < -0.4 is 0 Å². The lowest BCUT2D eigenvalue weighted by molar-refractivity contribution is -0.160. The number of imide groups is 1. The van der Waals surface area contributed by atoms with Crippen LogP contribution in [0.3, 0.4) is 0 Å². The van der Waals surface area contributed by atoms with E-state index in [1.54, 1.807) is 6.92 Å². The Morgan fingerprint density at radius 3 is 2.31 bits per heavy atom. The Labute approximate surface area is 236 Å². The van der Waals surface area contributed by atoms with E-state index in [-0.39, 0.29) is 35.9 Å². The van der Waals surface area contributed by atoms with Crippen LogP contribution in [0.1, 0.15) is 113 Å². The van der Waals surface area contributed by atoms with Gasteiger partial charge in [-0.1, -0.05) is 27.7 Å². The van der Waals surface area contributed by atoms with Gasteiger partial charge in [0.2, 0.25) is 11.8 Å². The van der Waals surface area contributed by atoms with Crippen molar-refractivity contribution >= 4 is 17.8 Å². The summed E-state index contributed by atoms with van der Waals surface area (Å²) in [6.07, 6.45) is 12.5. The number of esters is 1. The van der Waals surface area contributed by atoms with Gasteiger partial charge in [0.05, 0.1) is 12.2 Å². The second-order valence-electron chi connectivity index (χ2n) is 14.9. The Bertz CT molecular complexity index is 952. The largest absolute Gasteiger partial charge is 0.463 e. The SMILES string of the molecule is CC(=O)OC1CCC2(C)C(CCC3C2CCC2(C)C3CC3OC(CCC(C)CN(C(C)=O)C(C)=O)C(C)C32)C1. The molecule has 5 fully saturated rings. The van der Waals surface area contributed by atoms with Crippen LogP contribution in [0, 0.1) is 52.3 Å². The first kappa shape index (κ1) is 29.1. The molecule has 0 aromatic carbocycles. The number of fused-ring (bicyclic) bond motifs is 7. The molecule has 12 unspecified atom stereocenters. The second-order valence-corrected chi connectivity index (χ2v) is 14.9. The molecule has 0 bridgehead atoms. The minimum Gasteiger partial charge on any atom is -0.463 e. The van der Waals surface area contributed by atoms with E-state index in [4.69, 9.17) is 9.47 Å². The van der Waals surface area contributed by atoms with Crippen LogP contribution in [0.15, 0.2) is 0 Å². The lowest BCUT2D eigenvalue weighted by Gasteiger charge is -2.61. The minimum atomic E-state index is -0.163. The Balaban J connectivity index is 1.21. The summed E-state index contributed by atoms with van der Waals surface area (Å²) in [5.74, 6) is 4.06. The van der Waals surface area contributed by atoms with Gasteiger partial charge in [-0.05, 0) is 116 Å². The quantitative estimate of drug-likeness (QED) is 0.362. The van der Waals surface area contributed by atoms with Crippen LogP contribution in [0.2, 0.25) is 0 Å². The molecule has 6 heteroatoms. The van der Waals surface area contributed by atoms with Crippen molar-refractivity contribution in [1.82, 2.24) is 4.90 Å². The lowest BCUT2D eigenvalue weighted by atomic mass is 9.44. The second kappa shape index (κ2) is 10.8. The standard InChI is InChI=1S/C33H53NO5/c1-19(18-34(21(3)35)22(4)36)8-11-29-20(2)31-30(39-29)17-28-26-10-9-24-16-25(38-23(5)37)12-14-32(24,6)27(26)13-15-33(28,31)7/h19-20,24-31H,8-18H2,1-7H3. The summed E-state index contributed by atoms with van der Waals surface area (Å²) in [4.78, 5) is 36.7. The summed E-state index contributed by atoms with van der Waals surface area (Å²) in [5, 5.41) is 0. The minimum absolute atomic E-state index is 0.124. The molecule has 4 aliphatic carbocycles. The van der Waals surface area contributed by atoms with Crippen molar-refractivity contribution in [2.45, 2.75) is 131 Å². The molecule has 1 aliphatic heterocycles. The Morgan fingerprint density at radius 1 is 0.949 bits per heavy atom. The van der Waals surface area contributed by atoms with Crippen molar-refractivity contribution in [1.29, 1.82) is 0 Å². The van der Waals surface area contributed by atoms with Crippen LogP contribution in [-0.2, 0) is 23.9 Å². The number of rotatable bonds is 6. The molecule has 12 atom stereocenters. The molecule has 0 aromatic heterocycles. The van der Waals surface area contributed by atoms with Crippen LogP contribution in [0.25, 0.3) is 0 Å². The number of ether oxygens (including phenoxy) is 2. The highest BCUT2D eigenvalue weighted by atomic mass is 16.5. The normalized spacial score (nSPS) is 45.4. The summed E-state index contributed by atoms with van der Waals surface area (Å²) < 4.78 is 12.5. The van der Waals surface area contributed by atoms with Gasteiger partial charge >= 0.3 is 5.97 Å². The van der Waals surface area contributed by atoms with E-state index in [1.807, 2.05) is 0 Å². The zero-order chi connectivity index (χ0) is 28.3. The molecular weight excluding hydrogens is 490 g/mol. The molecule has 0 spiro atoms. The summed E-state index contributed by atoms with van der Waals surface area (Å²) >= 11 is 0. The maximum Gasteiger partial charge on any atom is 0.302 e. The number of hydrogen-bond donors (Lipinski definition) is 0. The van der Waals surface area contributed by atoms with Crippen molar-refractivity contribution in [3.8, 4) is 0 Å². The van der Waals surface area contributed by atoms with E-state index in [0.717, 1.165) is 43.4 Å². The predicted octanol–water partition coefficient (Wildman–Crippen LogP) is 6.40. The molecule has 2 amide bonds. The monoisotopic (exact) mass is 543 g/mol. The van der Waals surface area contributed by atoms with Gasteiger partial charge in [0.25, 0.3) is 0 Å². The topological polar surface area (TPSA) is 72.9 Å². The van der Waals surface area contributed by atoms with E-state index < -0.39 is 0 Å². The first-order valence-corrected chi connectivity index (χ1v) is 16.0. The van der Waals surface area contributed by atoms with Crippen molar-refractivity contribution < 1.29 is 23.9 Å². The zero-order valence-corrected chi connectivity index (χ0v) is 25.5. The maximum absolute atomic E-state index is 11.8. The van der Waals surface area contributed by atoms with Gasteiger partial charge in [-0.15, -0.1) is 0 Å². The first-order valence-electron chi connectivity index (χ1n) is 16.0. The fourth-order valence-electron chi connectivity index (χ4n) is 10.9. The zero-order valence-electron chi connectivity index (χ0n) is 25.5. The third kappa shape index (κ3) is 5.10. The number of carbonyl (C=O) groups excluding carboxylic acids is 3. The van der Waals surface area contributed by atoms with E-state index >= 15 is 0 Å². The molecule has 39 heavy (non-hydrogen) atoms. The Morgan fingerprint density at radius 2 is 1.64 bits per heavy atom. The maximum atomic E-state index is 11.8. The van der Waals surface area contributed by atoms with Gasteiger partial charge in [0.1, 0.15) is 6.10 Å². The highest BCUT2D eigenvalue weighted by Gasteiger charge is 2.65. The average Bonchev–Trinajstić information content (AvgIpc) is 3.33. The van der Waals surface area contributed by atoms with Crippen molar-refractivity contribution in [2.75, 3.05) is 6.54 Å². The van der Waals surface area contributed by atoms with Crippen LogP contribution >= 0.6 is 0 Å². The number of nitrogens with zero attached hydrogens (tertiary/aromatic N) is 1.